The third-order valence-electron chi connectivity index (χ3n) is 4.20. The molecule has 1 aliphatic heterocycles. The van der Waals surface area contributed by atoms with Gasteiger partial charge in [-0.1, -0.05) is 11.6 Å². The van der Waals surface area contributed by atoms with E-state index >= 15 is 0 Å². The van der Waals surface area contributed by atoms with Crippen LogP contribution in [-0.4, -0.2) is 44.5 Å². The summed E-state index contributed by atoms with van der Waals surface area (Å²) < 4.78 is 10.2. The van der Waals surface area contributed by atoms with Crippen LogP contribution in [0.1, 0.15) is 13.8 Å². The molecule has 2 aromatic rings. The van der Waals surface area contributed by atoms with Gasteiger partial charge in [-0.3, -0.25) is 4.90 Å². The Hall–Kier alpha value is -1.21. The average Bonchev–Trinajstić information content (AvgIpc) is 2.80. The minimum absolute atomic E-state index is 0.236. The zero-order valence-corrected chi connectivity index (χ0v) is 15.1. The lowest BCUT2D eigenvalue weighted by molar-refractivity contribution is -0.0625. The van der Waals surface area contributed by atoms with Crippen LogP contribution in [0.2, 0.25) is 5.02 Å². The molecule has 1 aromatic heterocycles. The second kappa shape index (κ2) is 6.73. The number of hydrogen-bond donors (Lipinski definition) is 0. The summed E-state index contributed by atoms with van der Waals surface area (Å²) in [4.78, 5) is 2.35. The lowest BCUT2D eigenvalue weighted by atomic mass is 10.2. The fourth-order valence-corrected chi connectivity index (χ4v) is 3.08. The molecule has 0 saturated carbocycles. The van der Waals surface area contributed by atoms with Crippen molar-refractivity contribution in [2.75, 3.05) is 13.2 Å². The molecule has 0 spiro atoms. The average molecular weight is 353 g/mol. The highest BCUT2D eigenvalue weighted by Crippen LogP contribution is 2.21. The van der Waals surface area contributed by atoms with Crippen LogP contribution < -0.4 is 0 Å². The Kier molecular flexibility index (Phi) is 4.87. The minimum atomic E-state index is 0.236. The number of aromatic nitrogens is 3. The SMILES string of the molecule is CC1CN(Cn2nc(-c3ccc(Cl)cc3)n(C)c2=S)C(C)CO1. The first kappa shape index (κ1) is 16.6. The Labute approximate surface area is 146 Å². The molecule has 0 amide bonds. The largest absolute Gasteiger partial charge is 0.376 e. The van der Waals surface area contributed by atoms with E-state index in [1.54, 1.807) is 0 Å². The smallest absolute Gasteiger partial charge is 0.199 e. The maximum Gasteiger partial charge on any atom is 0.199 e. The zero-order valence-electron chi connectivity index (χ0n) is 13.6. The van der Waals surface area contributed by atoms with Gasteiger partial charge in [0.05, 0.1) is 19.4 Å². The summed E-state index contributed by atoms with van der Waals surface area (Å²) in [6.45, 7) is 6.56. The second-order valence-electron chi connectivity index (χ2n) is 6.08. The third kappa shape index (κ3) is 3.50. The maximum absolute atomic E-state index is 5.96. The van der Waals surface area contributed by atoms with E-state index < -0.39 is 0 Å². The summed E-state index contributed by atoms with van der Waals surface area (Å²) in [5, 5.41) is 5.43. The first-order chi connectivity index (χ1) is 11.0. The lowest BCUT2D eigenvalue weighted by Crippen LogP contribution is -2.47. The molecular formula is C16H21ClN4OS. The van der Waals surface area contributed by atoms with Crippen molar-refractivity contribution in [3.05, 3.63) is 34.1 Å². The molecule has 7 heteroatoms. The van der Waals surface area contributed by atoms with Crippen molar-refractivity contribution < 1.29 is 4.74 Å². The standard InChI is InChI=1S/C16H21ClN4OS/c1-11-9-22-12(2)8-20(11)10-21-16(23)19(3)15(18-21)13-4-6-14(17)7-5-13/h4-7,11-12H,8-10H2,1-3H3. The van der Waals surface area contributed by atoms with Crippen molar-refractivity contribution in [1.82, 2.24) is 19.2 Å². The first-order valence-electron chi connectivity index (χ1n) is 7.71. The molecule has 0 radical (unpaired) electrons. The highest BCUT2D eigenvalue weighted by atomic mass is 35.5. The lowest BCUT2D eigenvalue weighted by Gasteiger charge is -2.36. The van der Waals surface area contributed by atoms with E-state index in [9.17, 15) is 0 Å². The van der Waals surface area contributed by atoms with E-state index in [0.29, 0.717) is 22.5 Å². The second-order valence-corrected chi connectivity index (χ2v) is 6.88. The normalized spacial score (nSPS) is 22.4. The number of ether oxygens (including phenoxy) is 1. The third-order valence-corrected chi connectivity index (χ3v) is 4.93. The number of hydrogen-bond acceptors (Lipinski definition) is 4. The van der Waals surface area contributed by atoms with Gasteiger partial charge in [0, 0.05) is 30.2 Å². The van der Waals surface area contributed by atoms with Crippen LogP contribution in [0.4, 0.5) is 0 Å². The Balaban J connectivity index is 1.88. The van der Waals surface area contributed by atoms with Crippen LogP contribution in [0, 0.1) is 4.77 Å². The van der Waals surface area contributed by atoms with Gasteiger partial charge in [-0.25, -0.2) is 4.68 Å². The van der Waals surface area contributed by atoms with Crippen molar-refractivity contribution in [2.24, 2.45) is 7.05 Å². The Bertz CT molecular complexity index is 740. The summed E-state index contributed by atoms with van der Waals surface area (Å²) >= 11 is 11.5. The van der Waals surface area contributed by atoms with E-state index in [1.165, 1.54) is 0 Å². The van der Waals surface area contributed by atoms with Crippen molar-refractivity contribution in [2.45, 2.75) is 32.7 Å². The molecule has 2 unspecified atom stereocenters. The van der Waals surface area contributed by atoms with Crippen LogP contribution in [0.5, 0.6) is 0 Å². The first-order valence-corrected chi connectivity index (χ1v) is 8.49. The van der Waals surface area contributed by atoms with Gasteiger partial charge in [0.25, 0.3) is 0 Å². The van der Waals surface area contributed by atoms with Crippen LogP contribution in [0.25, 0.3) is 11.4 Å². The fraction of sp³-hybridized carbons (Fsp3) is 0.500. The Morgan fingerprint density at radius 1 is 1.30 bits per heavy atom. The van der Waals surface area contributed by atoms with Gasteiger partial charge in [0.1, 0.15) is 0 Å². The zero-order chi connectivity index (χ0) is 16.6. The summed E-state index contributed by atoms with van der Waals surface area (Å²) in [5.41, 5.74) is 1.00. The quantitative estimate of drug-likeness (QED) is 0.794. The molecule has 124 valence electrons. The van der Waals surface area contributed by atoms with Gasteiger partial charge in [-0.05, 0) is 50.3 Å². The summed E-state index contributed by atoms with van der Waals surface area (Å²) in [6.07, 6.45) is 0.236. The molecule has 2 heterocycles. The predicted molar refractivity (Wildman–Crippen MR) is 94.1 cm³/mol. The molecule has 5 nitrogen and oxygen atoms in total. The molecule has 1 aliphatic rings. The van der Waals surface area contributed by atoms with Crippen molar-refractivity contribution >= 4 is 23.8 Å². The maximum atomic E-state index is 5.96. The Morgan fingerprint density at radius 2 is 2.00 bits per heavy atom. The van der Waals surface area contributed by atoms with Gasteiger partial charge in [-0.2, -0.15) is 5.10 Å². The molecule has 1 aromatic carbocycles. The van der Waals surface area contributed by atoms with E-state index in [4.69, 9.17) is 33.7 Å². The molecule has 23 heavy (non-hydrogen) atoms. The van der Waals surface area contributed by atoms with Crippen molar-refractivity contribution in [3.63, 3.8) is 0 Å². The van der Waals surface area contributed by atoms with Crippen molar-refractivity contribution in [3.8, 4) is 11.4 Å². The number of halogens is 1. The summed E-state index contributed by atoms with van der Waals surface area (Å²) in [6, 6.07) is 8.01. The van der Waals surface area contributed by atoms with E-state index in [0.717, 1.165) is 24.5 Å². The van der Waals surface area contributed by atoms with Gasteiger partial charge >= 0.3 is 0 Å². The molecule has 0 bridgehead atoms. The highest BCUT2D eigenvalue weighted by Gasteiger charge is 2.24. The molecule has 0 aliphatic carbocycles. The molecule has 2 atom stereocenters. The van der Waals surface area contributed by atoms with Gasteiger partial charge in [0.15, 0.2) is 10.6 Å². The van der Waals surface area contributed by atoms with E-state index in [1.807, 2.05) is 40.6 Å². The van der Waals surface area contributed by atoms with Crippen LogP contribution in [0.15, 0.2) is 24.3 Å². The number of morpholine rings is 1. The fourth-order valence-electron chi connectivity index (χ4n) is 2.77. The molecule has 1 saturated heterocycles. The van der Waals surface area contributed by atoms with E-state index in [2.05, 4.69) is 18.7 Å². The molecule has 1 fully saturated rings. The number of rotatable bonds is 3. The van der Waals surface area contributed by atoms with Gasteiger partial charge in [0.2, 0.25) is 0 Å². The number of benzene rings is 1. The Morgan fingerprint density at radius 3 is 2.70 bits per heavy atom. The van der Waals surface area contributed by atoms with E-state index in [-0.39, 0.29) is 6.10 Å². The van der Waals surface area contributed by atoms with Gasteiger partial charge in [-0.15, -0.1) is 0 Å². The molecule has 3 rings (SSSR count). The minimum Gasteiger partial charge on any atom is -0.376 e. The van der Waals surface area contributed by atoms with Crippen LogP contribution >= 0.6 is 23.8 Å². The predicted octanol–water partition coefficient (Wildman–Crippen LogP) is 3.34. The van der Waals surface area contributed by atoms with Crippen LogP contribution in [-0.2, 0) is 18.5 Å². The topological polar surface area (TPSA) is 35.2 Å². The monoisotopic (exact) mass is 352 g/mol. The molecule has 0 N–H and O–H groups in total. The molecular weight excluding hydrogens is 332 g/mol. The summed E-state index contributed by atoms with van der Waals surface area (Å²) in [5.74, 6) is 0.848. The van der Waals surface area contributed by atoms with Gasteiger partial charge < -0.3 is 9.30 Å². The van der Waals surface area contributed by atoms with Crippen molar-refractivity contribution in [1.29, 1.82) is 0 Å². The van der Waals surface area contributed by atoms with Crippen LogP contribution in [0.3, 0.4) is 0 Å². The highest BCUT2D eigenvalue weighted by molar-refractivity contribution is 7.71. The summed E-state index contributed by atoms with van der Waals surface area (Å²) in [7, 11) is 1.95. The number of nitrogens with zero attached hydrogens (tertiary/aromatic N) is 4.